The van der Waals surface area contributed by atoms with Gasteiger partial charge in [0.1, 0.15) is 0 Å². The minimum atomic E-state index is -0.135. The van der Waals surface area contributed by atoms with Crippen molar-refractivity contribution in [2.45, 2.75) is 45.4 Å². The third kappa shape index (κ3) is 5.56. The topological polar surface area (TPSA) is 94.0 Å². The number of nitrogens with two attached hydrogens (primary N) is 1. The predicted molar refractivity (Wildman–Crippen MR) is 92.7 cm³/mol. The molecule has 0 saturated heterocycles. The van der Waals surface area contributed by atoms with Gasteiger partial charge < -0.3 is 15.6 Å². The van der Waals surface area contributed by atoms with Crippen LogP contribution in [0.3, 0.4) is 0 Å². The molecule has 7 heteroatoms. The zero-order chi connectivity index (χ0) is 16.2. The summed E-state index contributed by atoms with van der Waals surface area (Å²) in [4.78, 5) is 16.2. The van der Waals surface area contributed by atoms with Gasteiger partial charge in [-0.25, -0.2) is 0 Å². The molecule has 1 heterocycles. The van der Waals surface area contributed by atoms with Crippen LogP contribution in [0.5, 0.6) is 0 Å². The average molecular weight is 339 g/mol. The second-order valence-corrected chi connectivity index (χ2v) is 6.25. The molecule has 0 aliphatic carbocycles. The molecule has 0 aliphatic heterocycles. The quantitative estimate of drug-likeness (QED) is 0.815. The summed E-state index contributed by atoms with van der Waals surface area (Å²) in [5, 5.41) is 6.76. The van der Waals surface area contributed by atoms with E-state index in [1.54, 1.807) is 12.1 Å². The number of para-hydroxylation sites is 2. The molecule has 2 rings (SSSR count). The van der Waals surface area contributed by atoms with Crippen molar-refractivity contribution in [3.63, 3.8) is 0 Å². The molecule has 0 radical (unpaired) electrons. The van der Waals surface area contributed by atoms with E-state index in [0.29, 0.717) is 42.4 Å². The van der Waals surface area contributed by atoms with Crippen molar-refractivity contribution >= 4 is 29.7 Å². The Bertz CT molecular complexity index is 650. The number of nitrogens with zero attached hydrogens (tertiary/aromatic N) is 2. The summed E-state index contributed by atoms with van der Waals surface area (Å²) >= 11 is 0. The number of aryl methyl sites for hydroxylation is 1. The van der Waals surface area contributed by atoms with Crippen molar-refractivity contribution in [3.05, 3.63) is 36.0 Å². The number of hydrogen-bond donors (Lipinski definition) is 2. The van der Waals surface area contributed by atoms with Gasteiger partial charge >= 0.3 is 0 Å². The molecule has 0 unspecified atom stereocenters. The lowest BCUT2D eigenvalue weighted by molar-refractivity contribution is -0.116. The first-order chi connectivity index (χ1) is 10.4. The van der Waals surface area contributed by atoms with E-state index in [1.165, 1.54) is 0 Å². The number of carbonyl (C=O) groups excluding carboxylic acids is 1. The van der Waals surface area contributed by atoms with E-state index < -0.39 is 0 Å². The van der Waals surface area contributed by atoms with Crippen LogP contribution >= 0.6 is 12.4 Å². The van der Waals surface area contributed by atoms with Crippen molar-refractivity contribution < 1.29 is 9.32 Å². The number of nitrogen functional groups attached to an aromatic ring is 1. The summed E-state index contributed by atoms with van der Waals surface area (Å²) in [6.45, 7) is 6.08. The van der Waals surface area contributed by atoms with Gasteiger partial charge in [0, 0.05) is 18.3 Å². The summed E-state index contributed by atoms with van der Waals surface area (Å²) in [5.41, 5.74) is 6.85. The molecule has 0 bridgehead atoms. The molecule has 1 amide bonds. The summed E-state index contributed by atoms with van der Waals surface area (Å²) in [6.07, 6.45) is 1.60. The van der Waals surface area contributed by atoms with Crippen LogP contribution in [-0.2, 0) is 16.6 Å². The van der Waals surface area contributed by atoms with Crippen molar-refractivity contribution in [1.82, 2.24) is 10.1 Å². The van der Waals surface area contributed by atoms with E-state index in [4.69, 9.17) is 10.3 Å². The maximum atomic E-state index is 11.9. The molecule has 2 aromatic rings. The molecule has 0 saturated carbocycles. The van der Waals surface area contributed by atoms with E-state index >= 15 is 0 Å². The highest BCUT2D eigenvalue weighted by molar-refractivity contribution is 5.93. The maximum Gasteiger partial charge on any atom is 0.226 e. The number of anilines is 2. The number of aromatic nitrogens is 2. The van der Waals surface area contributed by atoms with E-state index in [1.807, 2.05) is 32.9 Å². The molecule has 126 valence electrons. The maximum absolute atomic E-state index is 11.9. The second kappa shape index (κ2) is 7.97. The van der Waals surface area contributed by atoms with Crippen LogP contribution < -0.4 is 11.1 Å². The van der Waals surface area contributed by atoms with Gasteiger partial charge in [-0.15, -0.1) is 12.4 Å². The van der Waals surface area contributed by atoms with E-state index in [9.17, 15) is 4.79 Å². The molecule has 0 aliphatic rings. The molecular formula is C16H23ClN4O2. The van der Waals surface area contributed by atoms with Gasteiger partial charge in [0.25, 0.3) is 0 Å². The molecule has 1 aromatic carbocycles. The number of nitrogens with one attached hydrogen (secondary N) is 1. The molecule has 6 nitrogen and oxygen atoms in total. The van der Waals surface area contributed by atoms with Crippen molar-refractivity contribution in [2.24, 2.45) is 0 Å². The van der Waals surface area contributed by atoms with Crippen LogP contribution in [0.15, 0.2) is 28.8 Å². The SMILES string of the molecule is CC(C)(C)c1noc(CCCC(=O)Nc2ccccc2N)n1.Cl. The zero-order valence-corrected chi connectivity index (χ0v) is 14.4. The predicted octanol–water partition coefficient (Wildman–Crippen LogP) is 3.33. The minimum Gasteiger partial charge on any atom is -0.397 e. The fourth-order valence-electron chi connectivity index (χ4n) is 1.88. The standard InChI is InChI=1S/C16H22N4O2.ClH/c1-16(2,3)15-19-14(22-20-15)10-6-9-13(21)18-12-8-5-4-7-11(12)17;/h4-5,7-8H,6,9-10,17H2,1-3H3,(H,18,21);1H. The van der Waals surface area contributed by atoms with Crippen LogP contribution in [0.2, 0.25) is 0 Å². The molecule has 23 heavy (non-hydrogen) atoms. The van der Waals surface area contributed by atoms with Crippen molar-refractivity contribution in [3.8, 4) is 0 Å². The number of carbonyl (C=O) groups is 1. The van der Waals surface area contributed by atoms with Crippen LogP contribution in [-0.4, -0.2) is 16.0 Å². The molecular weight excluding hydrogens is 316 g/mol. The van der Waals surface area contributed by atoms with Gasteiger partial charge in [0.15, 0.2) is 5.82 Å². The Morgan fingerprint density at radius 2 is 2.00 bits per heavy atom. The third-order valence-electron chi connectivity index (χ3n) is 3.17. The van der Waals surface area contributed by atoms with Gasteiger partial charge in [-0.2, -0.15) is 4.98 Å². The van der Waals surface area contributed by atoms with Crippen LogP contribution in [0, 0.1) is 0 Å². The monoisotopic (exact) mass is 338 g/mol. The number of hydrogen-bond acceptors (Lipinski definition) is 5. The third-order valence-corrected chi connectivity index (χ3v) is 3.17. The molecule has 0 fully saturated rings. The Morgan fingerprint density at radius 1 is 1.30 bits per heavy atom. The van der Waals surface area contributed by atoms with Gasteiger partial charge in [0.05, 0.1) is 11.4 Å². The van der Waals surface area contributed by atoms with Gasteiger partial charge in [-0.3, -0.25) is 4.79 Å². The van der Waals surface area contributed by atoms with Gasteiger partial charge in [-0.1, -0.05) is 38.1 Å². The molecule has 0 atom stereocenters. The number of rotatable bonds is 5. The normalized spacial score (nSPS) is 10.9. The Kier molecular flexibility index (Phi) is 6.57. The Labute approximate surface area is 142 Å². The fraction of sp³-hybridized carbons (Fsp3) is 0.438. The van der Waals surface area contributed by atoms with Gasteiger partial charge in [-0.05, 0) is 18.6 Å². The van der Waals surface area contributed by atoms with Crippen LogP contribution in [0.4, 0.5) is 11.4 Å². The highest BCUT2D eigenvalue weighted by Crippen LogP contribution is 2.19. The molecule has 0 spiro atoms. The lowest BCUT2D eigenvalue weighted by Gasteiger charge is -2.10. The Morgan fingerprint density at radius 3 is 2.61 bits per heavy atom. The lowest BCUT2D eigenvalue weighted by atomic mass is 9.96. The minimum absolute atomic E-state index is 0. The summed E-state index contributed by atoms with van der Waals surface area (Å²) < 4.78 is 5.20. The second-order valence-electron chi connectivity index (χ2n) is 6.25. The summed E-state index contributed by atoms with van der Waals surface area (Å²) in [5.74, 6) is 1.18. The Hall–Kier alpha value is -2.08. The van der Waals surface area contributed by atoms with Crippen LogP contribution in [0.1, 0.15) is 45.3 Å². The van der Waals surface area contributed by atoms with Crippen LogP contribution in [0.25, 0.3) is 0 Å². The van der Waals surface area contributed by atoms with Crippen molar-refractivity contribution in [2.75, 3.05) is 11.1 Å². The first kappa shape index (κ1) is 19.0. The highest BCUT2D eigenvalue weighted by Gasteiger charge is 2.20. The fourth-order valence-corrected chi connectivity index (χ4v) is 1.88. The van der Waals surface area contributed by atoms with Crippen molar-refractivity contribution in [1.29, 1.82) is 0 Å². The van der Waals surface area contributed by atoms with Gasteiger partial charge in [0.2, 0.25) is 11.8 Å². The zero-order valence-electron chi connectivity index (χ0n) is 13.6. The Balaban J connectivity index is 0.00000264. The smallest absolute Gasteiger partial charge is 0.226 e. The highest BCUT2D eigenvalue weighted by atomic mass is 35.5. The summed E-state index contributed by atoms with van der Waals surface area (Å²) in [7, 11) is 0. The van der Waals surface area contributed by atoms with E-state index in [0.717, 1.165) is 0 Å². The largest absolute Gasteiger partial charge is 0.397 e. The first-order valence-electron chi connectivity index (χ1n) is 7.33. The summed E-state index contributed by atoms with van der Waals surface area (Å²) in [6, 6.07) is 7.19. The first-order valence-corrected chi connectivity index (χ1v) is 7.33. The number of halogens is 1. The molecule has 3 N–H and O–H groups in total. The lowest BCUT2D eigenvalue weighted by Crippen LogP contribution is -2.13. The van der Waals surface area contributed by atoms with E-state index in [-0.39, 0.29) is 23.7 Å². The van der Waals surface area contributed by atoms with E-state index in [2.05, 4.69) is 15.5 Å². The number of amides is 1. The average Bonchev–Trinajstić information content (AvgIpc) is 2.90. The molecule has 1 aromatic heterocycles. The number of benzene rings is 1.